The molecule has 85 heavy (non-hydrogen) atoms. The van der Waals surface area contributed by atoms with Crippen LogP contribution in [0.25, 0.3) is 0 Å². The molecule has 24 heteroatoms. The molecule has 0 aliphatic rings. The molecule has 0 spiro atoms. The molecule has 0 fully saturated rings. The summed E-state index contributed by atoms with van der Waals surface area (Å²) in [5.41, 5.74) is 3.43. The van der Waals surface area contributed by atoms with Gasteiger partial charge < -0.3 is 55.6 Å². The van der Waals surface area contributed by atoms with Gasteiger partial charge in [0.1, 0.15) is 50.3 Å². The van der Waals surface area contributed by atoms with Crippen molar-refractivity contribution in [1.82, 2.24) is 31.9 Å². The molecule has 0 saturated carbocycles. The minimum atomic E-state index is -1.79. The zero-order chi connectivity index (χ0) is 60.8. The van der Waals surface area contributed by atoms with Crippen LogP contribution in [0.2, 0.25) is 0 Å². The number of esters is 5. The average Bonchev–Trinajstić information content (AvgIpc) is 3.55. The predicted molar refractivity (Wildman–Crippen MR) is 301 cm³/mol. The summed E-state index contributed by atoms with van der Waals surface area (Å²) in [5, 5.41) is 22.2. The summed E-state index contributed by atoms with van der Waals surface area (Å²) >= 11 is 0. The minimum absolute atomic E-state index is 0.0953. The lowest BCUT2D eigenvalue weighted by molar-refractivity contribution is -0.155. The Hall–Kier alpha value is -10.9. The van der Waals surface area contributed by atoms with E-state index in [1.54, 1.807) is 133 Å². The van der Waals surface area contributed by atoms with Crippen molar-refractivity contribution in [2.75, 3.05) is 19.6 Å². The number of amides is 6. The molecular weight excluding hydrogens is 1100 g/mol. The van der Waals surface area contributed by atoms with Gasteiger partial charge in [0.2, 0.25) is 29.5 Å². The first kappa shape index (κ1) is 63.3. The molecule has 0 saturated heterocycles. The van der Waals surface area contributed by atoms with E-state index in [4.69, 9.17) is 23.7 Å². The minimum Gasteiger partial charge on any atom is -0.461 e. The smallest absolute Gasteiger partial charge is 0.329 e. The Morgan fingerprint density at radius 1 is 0.388 bits per heavy atom. The molecule has 0 radical (unpaired) electrons. The average molecular weight is 1160 g/mol. The lowest BCUT2D eigenvalue weighted by Crippen LogP contribution is -2.54. The van der Waals surface area contributed by atoms with Crippen LogP contribution in [0.15, 0.2) is 180 Å². The molecule has 6 rings (SSSR count). The highest BCUT2D eigenvalue weighted by molar-refractivity contribution is 5.99. The van der Waals surface area contributed by atoms with Crippen molar-refractivity contribution in [3.63, 3.8) is 0 Å². The van der Waals surface area contributed by atoms with Crippen LogP contribution in [0.4, 0.5) is 11.4 Å². The number of carbonyl (C=O) groups is 11. The van der Waals surface area contributed by atoms with Crippen molar-refractivity contribution in [2.24, 2.45) is 10.2 Å². The summed E-state index contributed by atoms with van der Waals surface area (Å²) in [7, 11) is 0. The number of carbonyl (C=O) groups excluding carboxylic acids is 11. The zero-order valence-electron chi connectivity index (χ0n) is 45.9. The van der Waals surface area contributed by atoms with Crippen LogP contribution in [-0.4, -0.2) is 103 Å². The number of hydrogen-bond donors (Lipinski definition) is 6. The van der Waals surface area contributed by atoms with E-state index in [9.17, 15) is 52.7 Å². The van der Waals surface area contributed by atoms with Gasteiger partial charge in [0.05, 0.1) is 50.3 Å². The second-order valence-electron chi connectivity index (χ2n) is 18.5. The fraction of sp³-hybridized carbons (Fsp3) is 0.230. The molecule has 0 unspecified atom stereocenters. The number of nitrogens with zero attached hydrogens (tertiary/aromatic N) is 2. The maximum absolute atomic E-state index is 13.8. The van der Waals surface area contributed by atoms with Gasteiger partial charge in [-0.25, -0.2) is 9.59 Å². The first-order valence-corrected chi connectivity index (χ1v) is 26.4. The van der Waals surface area contributed by atoms with Crippen LogP contribution in [-0.2, 0) is 93.3 Å². The summed E-state index contributed by atoms with van der Waals surface area (Å²) in [6.07, 6.45) is -2.19. The van der Waals surface area contributed by atoms with Gasteiger partial charge in [0.25, 0.3) is 5.91 Å². The largest absolute Gasteiger partial charge is 0.461 e. The molecular formula is C61H60N8O16. The Labute approximate surface area is 487 Å². The van der Waals surface area contributed by atoms with Gasteiger partial charge in [-0.05, 0) is 70.8 Å². The quantitative estimate of drug-likeness (QED) is 0.0155. The topological polar surface area (TPSA) is 331 Å². The maximum Gasteiger partial charge on any atom is 0.329 e. The van der Waals surface area contributed by atoms with E-state index in [2.05, 4.69) is 42.1 Å². The van der Waals surface area contributed by atoms with Gasteiger partial charge in [0, 0.05) is 12.5 Å². The fourth-order valence-electron chi connectivity index (χ4n) is 7.45. The van der Waals surface area contributed by atoms with Crippen LogP contribution < -0.4 is 36.6 Å². The SMILES string of the molecule is CC(=O)Oc1ccc(N=Nc2ccc(C(=O)NCC(=O)N[C@@H](CC(=O)NCC(=O)N[C@@H](CC(=O)OCc3ccccc3)C(=O)OCc3ccccc3)C(=O)NCC(=O)N[C@@H](CC(=O)OCc3ccccc3)C(=O)OCc3ccccc3)cc2)cc1. The maximum atomic E-state index is 13.8. The van der Waals surface area contributed by atoms with Crippen molar-refractivity contribution < 1.29 is 76.4 Å². The number of ether oxygens (including phenoxy) is 5. The van der Waals surface area contributed by atoms with E-state index in [0.29, 0.717) is 39.4 Å². The molecule has 0 aliphatic heterocycles. The van der Waals surface area contributed by atoms with E-state index in [1.807, 2.05) is 0 Å². The lowest BCUT2D eigenvalue weighted by atomic mass is 10.1. The molecule has 0 aliphatic carbocycles. The highest BCUT2D eigenvalue weighted by atomic mass is 16.6. The summed E-state index contributed by atoms with van der Waals surface area (Å²) < 4.78 is 26.4. The van der Waals surface area contributed by atoms with Crippen molar-refractivity contribution in [1.29, 1.82) is 0 Å². The van der Waals surface area contributed by atoms with Crippen molar-refractivity contribution in [2.45, 2.75) is 70.7 Å². The van der Waals surface area contributed by atoms with Crippen LogP contribution in [0.5, 0.6) is 5.75 Å². The van der Waals surface area contributed by atoms with Crippen LogP contribution >= 0.6 is 0 Å². The third kappa shape index (κ3) is 23.6. The Bertz CT molecular complexity index is 3280. The lowest BCUT2D eigenvalue weighted by Gasteiger charge is -2.20. The van der Waals surface area contributed by atoms with Crippen molar-refractivity contribution >= 4 is 76.7 Å². The van der Waals surface area contributed by atoms with Gasteiger partial charge in [0.15, 0.2) is 0 Å². The molecule has 24 nitrogen and oxygen atoms in total. The second kappa shape index (κ2) is 33.7. The van der Waals surface area contributed by atoms with Gasteiger partial charge >= 0.3 is 29.8 Å². The second-order valence-corrected chi connectivity index (χ2v) is 18.5. The van der Waals surface area contributed by atoms with E-state index in [0.717, 1.165) is 0 Å². The Balaban J connectivity index is 1.09. The Morgan fingerprint density at radius 2 is 0.753 bits per heavy atom. The van der Waals surface area contributed by atoms with Gasteiger partial charge in [-0.3, -0.25) is 43.2 Å². The van der Waals surface area contributed by atoms with E-state index >= 15 is 0 Å². The van der Waals surface area contributed by atoms with Gasteiger partial charge in [-0.2, -0.15) is 10.2 Å². The number of benzene rings is 6. The monoisotopic (exact) mass is 1160 g/mol. The van der Waals surface area contributed by atoms with Gasteiger partial charge in [-0.1, -0.05) is 121 Å². The molecule has 0 bridgehead atoms. The predicted octanol–water partition coefficient (Wildman–Crippen LogP) is 4.59. The van der Waals surface area contributed by atoms with Crippen LogP contribution in [0.1, 0.15) is 58.8 Å². The molecule has 440 valence electrons. The summed E-state index contributed by atoms with van der Waals surface area (Å²) in [4.78, 5) is 144. The fourth-order valence-corrected chi connectivity index (χ4v) is 7.45. The van der Waals surface area contributed by atoms with Crippen molar-refractivity contribution in [3.8, 4) is 5.75 Å². The number of hydrogen-bond acceptors (Lipinski definition) is 18. The first-order valence-electron chi connectivity index (χ1n) is 26.4. The van der Waals surface area contributed by atoms with E-state index < -0.39 is 122 Å². The highest BCUT2D eigenvalue weighted by Gasteiger charge is 2.30. The summed E-state index contributed by atoms with van der Waals surface area (Å²) in [6.45, 7) is -1.83. The van der Waals surface area contributed by atoms with E-state index in [1.165, 1.54) is 43.3 Å². The molecule has 6 aromatic carbocycles. The standard InChI is InChI=1S/C61H60N8O16/c1-40(70)85-48-28-26-47(27-29-48)69-68-46-24-22-45(23-25-46)58(77)63-34-54(73)65-49(59(78)64-35-55(74)67-51(61(80)84-39-44-20-12-5-13-21-44)32-57(76)82-37-42-16-8-3-9-17-42)30-52(71)62-33-53(72)66-50(60(79)83-38-43-18-10-4-11-19-43)31-56(75)81-36-41-14-6-2-7-15-41/h2-29,49-51H,30-39H2,1H3,(H,62,71)(H,63,77)(H,64,78)(H,65,73)(H,66,72)(H,67,74)/t49-,50-,51-/m0/s1. The molecule has 3 atom stereocenters. The Kier molecular flexibility index (Phi) is 25.1. The first-order chi connectivity index (χ1) is 41.0. The molecule has 0 heterocycles. The third-order valence-electron chi connectivity index (χ3n) is 11.7. The Morgan fingerprint density at radius 3 is 1.16 bits per heavy atom. The summed E-state index contributed by atoms with van der Waals surface area (Å²) in [6, 6.07) is 41.6. The van der Waals surface area contributed by atoms with Crippen LogP contribution in [0.3, 0.4) is 0 Å². The van der Waals surface area contributed by atoms with Gasteiger partial charge in [-0.15, -0.1) is 0 Å². The third-order valence-corrected chi connectivity index (χ3v) is 11.7. The number of nitrogens with one attached hydrogen (secondary N) is 6. The molecule has 6 N–H and O–H groups in total. The molecule has 0 aromatic heterocycles. The molecule has 6 amide bonds. The normalized spacial score (nSPS) is 11.7. The zero-order valence-corrected chi connectivity index (χ0v) is 45.9. The van der Waals surface area contributed by atoms with Crippen LogP contribution in [0, 0.1) is 0 Å². The van der Waals surface area contributed by atoms with E-state index in [-0.39, 0.29) is 32.0 Å². The number of rotatable bonds is 30. The number of azo groups is 1. The summed E-state index contributed by atoms with van der Waals surface area (Å²) in [5.74, 6) is -9.71. The molecule has 6 aromatic rings. The highest BCUT2D eigenvalue weighted by Crippen LogP contribution is 2.22. The van der Waals surface area contributed by atoms with Crippen molar-refractivity contribution in [3.05, 3.63) is 198 Å².